The summed E-state index contributed by atoms with van der Waals surface area (Å²) >= 11 is 0. The van der Waals surface area contributed by atoms with Crippen molar-refractivity contribution in [2.45, 2.75) is 32.0 Å². The Kier molecular flexibility index (Phi) is 6.31. The molecule has 2 saturated heterocycles. The zero-order valence-electron chi connectivity index (χ0n) is 19.5. The lowest BCUT2D eigenvalue weighted by Crippen LogP contribution is -2.54. The summed E-state index contributed by atoms with van der Waals surface area (Å²) in [5, 5.41) is 10.7. The number of piperidine rings is 1. The second-order valence-corrected chi connectivity index (χ2v) is 8.93. The maximum Gasteiger partial charge on any atom is 0.264 e. The molecule has 3 aliphatic rings. The number of carbonyl (C=O) groups excluding carboxylic acids is 4. The molecule has 35 heavy (non-hydrogen) atoms. The molecule has 2 fully saturated rings. The monoisotopic (exact) mass is 481 g/mol. The third-order valence-corrected chi connectivity index (χ3v) is 6.59. The van der Waals surface area contributed by atoms with Gasteiger partial charge in [-0.05, 0) is 18.6 Å². The number of imide groups is 2. The first kappa shape index (κ1) is 23.1. The molecular weight excluding hydrogens is 454 g/mol. The summed E-state index contributed by atoms with van der Waals surface area (Å²) in [5.41, 5.74) is 1.80. The molecule has 0 spiro atoms. The smallest absolute Gasteiger partial charge is 0.264 e. The molecular formula is C23H27N7O5. The highest BCUT2D eigenvalue weighted by Crippen LogP contribution is 2.34. The van der Waals surface area contributed by atoms with Crippen molar-refractivity contribution in [3.63, 3.8) is 0 Å². The van der Waals surface area contributed by atoms with Gasteiger partial charge in [-0.1, -0.05) is 11.3 Å². The molecule has 0 aliphatic carbocycles. The van der Waals surface area contributed by atoms with Crippen molar-refractivity contribution in [3.05, 3.63) is 41.2 Å². The third-order valence-electron chi connectivity index (χ3n) is 6.59. The van der Waals surface area contributed by atoms with E-state index in [1.165, 1.54) is 0 Å². The first-order chi connectivity index (χ1) is 16.9. The van der Waals surface area contributed by atoms with Crippen molar-refractivity contribution >= 4 is 29.3 Å². The average molecular weight is 482 g/mol. The second-order valence-electron chi connectivity index (χ2n) is 8.93. The number of amides is 4. The van der Waals surface area contributed by atoms with Gasteiger partial charge in [0.2, 0.25) is 11.8 Å². The molecule has 184 valence electrons. The number of benzene rings is 1. The van der Waals surface area contributed by atoms with Crippen molar-refractivity contribution in [2.24, 2.45) is 0 Å². The number of carbonyl (C=O) groups is 4. The van der Waals surface area contributed by atoms with Crippen molar-refractivity contribution in [2.75, 3.05) is 44.8 Å². The molecule has 12 heteroatoms. The minimum absolute atomic E-state index is 0.0811. The number of ether oxygens (including phenoxy) is 1. The van der Waals surface area contributed by atoms with Crippen LogP contribution >= 0.6 is 0 Å². The van der Waals surface area contributed by atoms with Gasteiger partial charge in [0.25, 0.3) is 11.8 Å². The van der Waals surface area contributed by atoms with Gasteiger partial charge in [0, 0.05) is 33.1 Å². The second kappa shape index (κ2) is 9.55. The Labute approximate surface area is 201 Å². The number of nitrogens with one attached hydrogen (secondary N) is 1. The summed E-state index contributed by atoms with van der Waals surface area (Å²) in [7, 11) is 1.81. The van der Waals surface area contributed by atoms with Crippen LogP contribution in [0.1, 0.15) is 39.3 Å². The zero-order chi connectivity index (χ0) is 24.5. The fourth-order valence-corrected chi connectivity index (χ4v) is 4.73. The Balaban J connectivity index is 1.29. The normalized spacial score (nSPS) is 20.8. The summed E-state index contributed by atoms with van der Waals surface area (Å²) in [6.45, 7) is 5.27. The van der Waals surface area contributed by atoms with Crippen LogP contribution in [0.2, 0.25) is 0 Å². The van der Waals surface area contributed by atoms with Crippen molar-refractivity contribution in [1.29, 1.82) is 0 Å². The van der Waals surface area contributed by atoms with Crippen LogP contribution in [0.25, 0.3) is 0 Å². The molecule has 3 aliphatic heterocycles. The maximum atomic E-state index is 13.3. The van der Waals surface area contributed by atoms with Crippen molar-refractivity contribution < 1.29 is 23.9 Å². The number of anilines is 1. The Morgan fingerprint density at radius 3 is 2.69 bits per heavy atom. The third kappa shape index (κ3) is 4.54. The zero-order valence-corrected chi connectivity index (χ0v) is 19.5. The number of aromatic nitrogens is 3. The Hall–Kier alpha value is -3.64. The molecule has 0 saturated carbocycles. The fraction of sp³-hybridized carbons (Fsp3) is 0.478. The Bertz CT molecular complexity index is 1170. The van der Waals surface area contributed by atoms with E-state index in [2.05, 4.69) is 20.5 Å². The lowest BCUT2D eigenvalue weighted by molar-refractivity contribution is -0.136. The van der Waals surface area contributed by atoms with Crippen LogP contribution in [0.4, 0.5) is 5.69 Å². The van der Waals surface area contributed by atoms with E-state index in [1.807, 2.05) is 18.1 Å². The highest BCUT2D eigenvalue weighted by Gasteiger charge is 2.45. The fourth-order valence-electron chi connectivity index (χ4n) is 4.73. The number of rotatable bonds is 7. The van der Waals surface area contributed by atoms with Gasteiger partial charge in [-0.2, -0.15) is 0 Å². The number of nitrogens with zero attached hydrogens (tertiary/aromatic N) is 6. The van der Waals surface area contributed by atoms with Gasteiger partial charge in [-0.25, -0.2) is 0 Å². The lowest BCUT2D eigenvalue weighted by Gasteiger charge is -2.28. The molecule has 1 N–H and O–H groups in total. The molecule has 1 aromatic heterocycles. The molecule has 12 nitrogen and oxygen atoms in total. The summed E-state index contributed by atoms with van der Waals surface area (Å²) in [6, 6.07) is 4.06. The van der Waals surface area contributed by atoms with E-state index in [0.29, 0.717) is 18.8 Å². The standard InChI is InChI=1S/C23H27N7O5/c1-27(13-15-14-29(26-25-15)8-7-28-9-11-35-12-10-28)17-4-2-3-16-20(17)23(34)30(22(16)33)18-5-6-19(31)24-21(18)32/h2-4,14,18H,5-13H2,1H3,(H,24,31,32). The van der Waals surface area contributed by atoms with E-state index in [1.54, 1.807) is 22.9 Å². The highest BCUT2D eigenvalue weighted by atomic mass is 16.5. The van der Waals surface area contributed by atoms with Crippen LogP contribution in [0.3, 0.4) is 0 Å². The minimum atomic E-state index is -0.996. The largest absolute Gasteiger partial charge is 0.379 e. The van der Waals surface area contributed by atoms with Gasteiger partial charge in [-0.3, -0.25) is 39.0 Å². The van der Waals surface area contributed by atoms with Gasteiger partial charge in [0.1, 0.15) is 11.7 Å². The molecule has 4 amide bonds. The average Bonchev–Trinajstić information content (AvgIpc) is 3.40. The van der Waals surface area contributed by atoms with Crippen LogP contribution in [-0.4, -0.2) is 94.4 Å². The highest BCUT2D eigenvalue weighted by molar-refractivity contribution is 6.25. The molecule has 0 bridgehead atoms. The molecule has 1 aromatic carbocycles. The van der Waals surface area contributed by atoms with Crippen molar-refractivity contribution in [3.8, 4) is 0 Å². The molecule has 2 aromatic rings. The van der Waals surface area contributed by atoms with Gasteiger partial charge >= 0.3 is 0 Å². The van der Waals surface area contributed by atoms with E-state index in [4.69, 9.17) is 4.74 Å². The summed E-state index contributed by atoms with van der Waals surface area (Å²) in [4.78, 5) is 55.4. The maximum absolute atomic E-state index is 13.3. The van der Waals surface area contributed by atoms with E-state index in [0.717, 1.165) is 43.4 Å². The van der Waals surface area contributed by atoms with Crippen molar-refractivity contribution in [1.82, 2.24) is 30.1 Å². The molecule has 4 heterocycles. The summed E-state index contributed by atoms with van der Waals surface area (Å²) < 4.78 is 7.17. The van der Waals surface area contributed by atoms with E-state index >= 15 is 0 Å². The van der Waals surface area contributed by atoms with Gasteiger partial charge in [0.15, 0.2) is 0 Å². The van der Waals surface area contributed by atoms with Gasteiger partial charge in [-0.15, -0.1) is 5.10 Å². The van der Waals surface area contributed by atoms with Gasteiger partial charge < -0.3 is 9.64 Å². The van der Waals surface area contributed by atoms with E-state index < -0.39 is 29.7 Å². The number of fused-ring (bicyclic) bond motifs is 1. The van der Waals surface area contributed by atoms with Crippen LogP contribution in [0.15, 0.2) is 24.4 Å². The van der Waals surface area contributed by atoms with Crippen LogP contribution in [0.5, 0.6) is 0 Å². The van der Waals surface area contributed by atoms with Crippen LogP contribution < -0.4 is 10.2 Å². The quantitative estimate of drug-likeness (QED) is 0.527. The predicted octanol–water partition coefficient (Wildman–Crippen LogP) is -0.352. The number of hydrogen-bond donors (Lipinski definition) is 1. The topological polar surface area (TPSA) is 130 Å². The number of hydrogen-bond acceptors (Lipinski definition) is 9. The first-order valence-electron chi connectivity index (χ1n) is 11.7. The van der Waals surface area contributed by atoms with E-state index in [9.17, 15) is 19.2 Å². The predicted molar refractivity (Wildman–Crippen MR) is 123 cm³/mol. The van der Waals surface area contributed by atoms with Gasteiger partial charge in [0.05, 0.1) is 49.3 Å². The molecule has 1 atom stereocenters. The molecule has 0 radical (unpaired) electrons. The lowest BCUT2D eigenvalue weighted by atomic mass is 10.0. The first-order valence-corrected chi connectivity index (χ1v) is 11.7. The Morgan fingerprint density at radius 1 is 1.11 bits per heavy atom. The summed E-state index contributed by atoms with van der Waals surface area (Å²) in [5.74, 6) is -2.08. The van der Waals surface area contributed by atoms with Crippen LogP contribution in [-0.2, 0) is 27.4 Å². The minimum Gasteiger partial charge on any atom is -0.379 e. The molecule has 5 rings (SSSR count). The Morgan fingerprint density at radius 2 is 1.91 bits per heavy atom. The SMILES string of the molecule is CN(Cc1cn(CCN2CCOCC2)nn1)c1cccc2c1C(=O)N(C1CCC(=O)NC1=O)C2=O. The van der Waals surface area contributed by atoms with Crippen LogP contribution in [0, 0.1) is 0 Å². The van der Waals surface area contributed by atoms with E-state index in [-0.39, 0.29) is 24.0 Å². The summed E-state index contributed by atoms with van der Waals surface area (Å²) in [6.07, 6.45) is 2.08. The molecule has 1 unspecified atom stereocenters. The number of morpholine rings is 1.